The summed E-state index contributed by atoms with van der Waals surface area (Å²) in [4.78, 5) is 16.9. The van der Waals surface area contributed by atoms with E-state index < -0.39 is 6.17 Å². The summed E-state index contributed by atoms with van der Waals surface area (Å²) in [6.07, 6.45) is -0.422. The Hall–Kier alpha value is -2.58. The van der Waals surface area contributed by atoms with Crippen LogP contribution >= 0.6 is 11.3 Å². The average Bonchev–Trinajstić information content (AvgIpc) is 3.38. The summed E-state index contributed by atoms with van der Waals surface area (Å²) in [5.41, 5.74) is 4.90. The first-order chi connectivity index (χ1) is 14.1. The number of benzene rings is 1. The predicted octanol–water partition coefficient (Wildman–Crippen LogP) is 4.12. The number of rotatable bonds is 5. The third-order valence-electron chi connectivity index (χ3n) is 5.16. The van der Waals surface area contributed by atoms with Crippen molar-refractivity contribution in [3.8, 4) is 5.69 Å². The van der Waals surface area contributed by atoms with Gasteiger partial charge >= 0.3 is 0 Å². The van der Waals surface area contributed by atoms with Gasteiger partial charge in [-0.1, -0.05) is 32.0 Å². The Kier molecular flexibility index (Phi) is 5.73. The molecule has 0 saturated carbocycles. The van der Waals surface area contributed by atoms with Gasteiger partial charge in [0, 0.05) is 17.8 Å². The van der Waals surface area contributed by atoms with Gasteiger partial charge in [0.15, 0.2) is 0 Å². The summed E-state index contributed by atoms with van der Waals surface area (Å²) in [6, 6.07) is 9.68. The third kappa shape index (κ3) is 3.95. The molecule has 0 radical (unpaired) electrons. The lowest BCUT2D eigenvalue weighted by molar-refractivity contribution is 0.102. The second-order valence-corrected chi connectivity index (χ2v) is 8.21. The Morgan fingerprint density at radius 2 is 2.14 bits per heavy atom. The maximum atomic E-state index is 15.0. The molecule has 1 amide bonds. The number of hydrogen-bond donors (Lipinski definition) is 2. The number of halogens is 1. The van der Waals surface area contributed by atoms with E-state index >= 15 is 4.39 Å². The molecular weight excluding hydrogens is 389 g/mol. The van der Waals surface area contributed by atoms with Crippen molar-refractivity contribution in [2.45, 2.75) is 38.3 Å². The van der Waals surface area contributed by atoms with Gasteiger partial charge in [0.1, 0.15) is 11.9 Å². The number of aromatic nitrogens is 3. The molecule has 0 bridgehead atoms. The van der Waals surface area contributed by atoms with E-state index in [1.807, 2.05) is 44.2 Å². The van der Waals surface area contributed by atoms with Crippen LogP contribution in [0.1, 0.15) is 54.0 Å². The first-order valence-electron chi connectivity index (χ1n) is 9.78. The van der Waals surface area contributed by atoms with Crippen molar-refractivity contribution >= 4 is 22.9 Å². The number of carbonyl (C=O) groups is 1. The maximum absolute atomic E-state index is 15.0. The van der Waals surface area contributed by atoms with Gasteiger partial charge in [-0.2, -0.15) is 5.10 Å². The molecule has 2 atom stereocenters. The number of carbonyl (C=O) groups excluding carboxylic acids is 1. The molecule has 8 heteroatoms. The molecule has 3 aromatic rings. The number of alkyl halides is 1. The Bertz CT molecular complexity index is 971. The molecule has 2 unspecified atom stereocenters. The molecule has 2 N–H and O–H groups in total. The van der Waals surface area contributed by atoms with Crippen LogP contribution in [0.25, 0.3) is 5.69 Å². The lowest BCUT2D eigenvalue weighted by Crippen LogP contribution is -2.37. The standard InChI is InChI=1S/C21H24FN5OS/c1-13(2)18-19(25-21(28)17-11-29-12-24-17)20(15-8-9-23-10-16(15)22)27(26-18)14-6-4-3-5-7-14/h3-7,11-13,15-16,23H,8-10H2,1-2H3,(H,25,28). The highest BCUT2D eigenvalue weighted by atomic mass is 32.1. The molecule has 1 saturated heterocycles. The Balaban J connectivity index is 1.86. The molecule has 29 heavy (non-hydrogen) atoms. The van der Waals surface area contributed by atoms with Crippen LogP contribution in [-0.4, -0.2) is 39.9 Å². The van der Waals surface area contributed by atoms with Crippen molar-refractivity contribution < 1.29 is 9.18 Å². The predicted molar refractivity (Wildman–Crippen MR) is 113 cm³/mol. The number of anilines is 1. The van der Waals surface area contributed by atoms with E-state index in [0.717, 1.165) is 23.6 Å². The van der Waals surface area contributed by atoms with Gasteiger partial charge in [0.2, 0.25) is 0 Å². The molecule has 6 nitrogen and oxygen atoms in total. The van der Waals surface area contributed by atoms with Crippen molar-refractivity contribution in [2.75, 3.05) is 18.4 Å². The first-order valence-corrected chi connectivity index (χ1v) is 10.7. The lowest BCUT2D eigenvalue weighted by atomic mass is 9.90. The molecule has 1 aliphatic heterocycles. The minimum absolute atomic E-state index is 0.0595. The SMILES string of the molecule is CC(C)c1nn(-c2ccccc2)c(C2CCNCC2F)c1NC(=O)c1cscn1. The zero-order valence-electron chi connectivity index (χ0n) is 16.4. The lowest BCUT2D eigenvalue weighted by Gasteiger charge is -2.28. The van der Waals surface area contributed by atoms with Gasteiger partial charge < -0.3 is 10.6 Å². The number of nitrogens with zero attached hydrogens (tertiary/aromatic N) is 3. The van der Waals surface area contributed by atoms with Crippen LogP contribution in [0.5, 0.6) is 0 Å². The quantitative estimate of drug-likeness (QED) is 0.660. The van der Waals surface area contributed by atoms with Gasteiger partial charge in [-0.3, -0.25) is 4.79 Å². The Morgan fingerprint density at radius 3 is 2.79 bits per heavy atom. The van der Waals surface area contributed by atoms with Crippen molar-refractivity contribution in [3.05, 3.63) is 58.3 Å². The van der Waals surface area contributed by atoms with Gasteiger partial charge in [0.25, 0.3) is 5.91 Å². The highest BCUT2D eigenvalue weighted by Gasteiger charge is 2.34. The number of para-hydroxylation sites is 1. The summed E-state index contributed by atoms with van der Waals surface area (Å²) in [6.45, 7) is 5.06. The molecule has 1 fully saturated rings. The van der Waals surface area contributed by atoms with E-state index in [2.05, 4.69) is 15.6 Å². The second kappa shape index (κ2) is 8.42. The number of hydrogen-bond acceptors (Lipinski definition) is 5. The Morgan fingerprint density at radius 1 is 1.34 bits per heavy atom. The highest BCUT2D eigenvalue weighted by molar-refractivity contribution is 7.07. The van der Waals surface area contributed by atoms with Crippen LogP contribution in [0, 0.1) is 0 Å². The summed E-state index contributed by atoms with van der Waals surface area (Å²) in [7, 11) is 0. The largest absolute Gasteiger partial charge is 0.317 e. The summed E-state index contributed by atoms with van der Waals surface area (Å²) in [5, 5.41) is 12.6. The summed E-state index contributed by atoms with van der Waals surface area (Å²) >= 11 is 1.36. The minimum atomic E-state index is -1.06. The van der Waals surface area contributed by atoms with Gasteiger partial charge in [-0.05, 0) is 31.0 Å². The zero-order valence-corrected chi connectivity index (χ0v) is 17.2. The molecule has 1 aliphatic rings. The van der Waals surface area contributed by atoms with Gasteiger partial charge in [-0.25, -0.2) is 14.1 Å². The van der Waals surface area contributed by atoms with E-state index in [1.54, 1.807) is 15.6 Å². The number of nitrogens with one attached hydrogen (secondary N) is 2. The average molecular weight is 414 g/mol. The smallest absolute Gasteiger partial charge is 0.275 e. The summed E-state index contributed by atoms with van der Waals surface area (Å²) < 4.78 is 16.8. The fourth-order valence-corrected chi connectivity index (χ4v) is 4.25. The minimum Gasteiger partial charge on any atom is -0.317 e. The fraction of sp³-hybridized carbons (Fsp3) is 0.381. The molecule has 0 spiro atoms. The van der Waals surface area contributed by atoms with Crippen LogP contribution in [0.4, 0.5) is 10.1 Å². The van der Waals surface area contributed by atoms with Crippen molar-refractivity contribution in [1.29, 1.82) is 0 Å². The monoisotopic (exact) mass is 413 g/mol. The highest BCUT2D eigenvalue weighted by Crippen LogP contribution is 2.39. The normalized spacial score (nSPS) is 19.4. The third-order valence-corrected chi connectivity index (χ3v) is 5.75. The first kappa shape index (κ1) is 19.7. The summed E-state index contributed by atoms with van der Waals surface area (Å²) in [5.74, 6) is -0.599. The zero-order chi connectivity index (χ0) is 20.4. The molecule has 4 rings (SSSR count). The van der Waals surface area contributed by atoms with E-state index in [4.69, 9.17) is 5.10 Å². The van der Waals surface area contributed by atoms with E-state index in [1.165, 1.54) is 11.3 Å². The number of amides is 1. The number of piperidine rings is 1. The van der Waals surface area contributed by atoms with E-state index in [9.17, 15) is 4.79 Å². The van der Waals surface area contributed by atoms with Crippen molar-refractivity contribution in [2.24, 2.45) is 0 Å². The fourth-order valence-electron chi connectivity index (χ4n) is 3.72. The second-order valence-electron chi connectivity index (χ2n) is 7.49. The topological polar surface area (TPSA) is 71.8 Å². The molecule has 1 aromatic carbocycles. The molecule has 0 aliphatic carbocycles. The van der Waals surface area contributed by atoms with Crippen molar-refractivity contribution in [1.82, 2.24) is 20.1 Å². The Labute approximate surface area is 173 Å². The van der Waals surface area contributed by atoms with Crippen LogP contribution in [-0.2, 0) is 0 Å². The van der Waals surface area contributed by atoms with Crippen LogP contribution in [0.15, 0.2) is 41.2 Å². The molecule has 2 aromatic heterocycles. The number of thiazole rings is 1. The maximum Gasteiger partial charge on any atom is 0.275 e. The molecule has 152 valence electrons. The molecule has 3 heterocycles. The van der Waals surface area contributed by atoms with E-state index in [0.29, 0.717) is 24.3 Å². The molecular formula is C21H24FN5OS. The van der Waals surface area contributed by atoms with Crippen LogP contribution < -0.4 is 10.6 Å². The van der Waals surface area contributed by atoms with E-state index in [-0.39, 0.29) is 17.7 Å². The van der Waals surface area contributed by atoms with Gasteiger partial charge in [-0.15, -0.1) is 11.3 Å². The van der Waals surface area contributed by atoms with Crippen LogP contribution in [0.3, 0.4) is 0 Å². The van der Waals surface area contributed by atoms with Crippen molar-refractivity contribution in [3.63, 3.8) is 0 Å². The van der Waals surface area contributed by atoms with Gasteiger partial charge in [0.05, 0.1) is 28.3 Å². The van der Waals surface area contributed by atoms with Crippen LogP contribution in [0.2, 0.25) is 0 Å².